The Kier molecular flexibility index (Phi) is 6.72. The van der Waals surface area contributed by atoms with E-state index in [9.17, 15) is 4.79 Å². The van der Waals surface area contributed by atoms with Gasteiger partial charge >= 0.3 is 5.69 Å². The van der Waals surface area contributed by atoms with Crippen molar-refractivity contribution >= 4 is 22.1 Å². The molecule has 0 N–H and O–H groups in total. The summed E-state index contributed by atoms with van der Waals surface area (Å²) in [5.41, 5.74) is 6.72. The standard InChI is InChI=1S/C30H31N3O3/c1-20(19-35-4)17-33-28-25-16-24(22-12-10-21(11-13-22)18-32(2)3)14-15-26(25)36-29(28)27(31-30(33)34)23-8-6-5-7-9-23/h5-16,20H,17-19H2,1-4H3/t20-/m1/s1. The van der Waals surface area contributed by atoms with Crippen molar-refractivity contribution in [2.75, 3.05) is 27.8 Å². The largest absolute Gasteiger partial charge is 0.452 e. The molecular formula is C30H31N3O3. The van der Waals surface area contributed by atoms with Gasteiger partial charge in [-0.3, -0.25) is 4.57 Å². The second-order valence-electron chi connectivity index (χ2n) is 9.71. The zero-order valence-electron chi connectivity index (χ0n) is 21.2. The maximum atomic E-state index is 13.4. The lowest BCUT2D eigenvalue weighted by Crippen LogP contribution is -2.27. The number of furan rings is 1. The first-order chi connectivity index (χ1) is 17.4. The van der Waals surface area contributed by atoms with Gasteiger partial charge in [-0.05, 0) is 48.8 Å². The minimum Gasteiger partial charge on any atom is -0.452 e. The molecule has 0 amide bonds. The van der Waals surface area contributed by atoms with Crippen molar-refractivity contribution in [1.29, 1.82) is 0 Å². The monoisotopic (exact) mass is 481 g/mol. The molecule has 3 aromatic carbocycles. The first-order valence-electron chi connectivity index (χ1n) is 12.2. The first-order valence-corrected chi connectivity index (χ1v) is 12.2. The molecule has 0 bridgehead atoms. The van der Waals surface area contributed by atoms with Crippen molar-refractivity contribution in [3.8, 4) is 22.4 Å². The third kappa shape index (κ3) is 4.70. The summed E-state index contributed by atoms with van der Waals surface area (Å²) in [7, 11) is 5.81. The Balaban J connectivity index is 1.71. The molecule has 6 heteroatoms. The van der Waals surface area contributed by atoms with Crippen molar-refractivity contribution in [1.82, 2.24) is 14.5 Å². The van der Waals surface area contributed by atoms with E-state index in [0.717, 1.165) is 39.7 Å². The molecular weight excluding hydrogens is 450 g/mol. The van der Waals surface area contributed by atoms with Crippen molar-refractivity contribution < 1.29 is 9.15 Å². The average Bonchev–Trinajstić information content (AvgIpc) is 3.25. The van der Waals surface area contributed by atoms with E-state index < -0.39 is 0 Å². The Morgan fingerprint density at radius 1 is 0.972 bits per heavy atom. The Labute approximate surface area is 210 Å². The second-order valence-corrected chi connectivity index (χ2v) is 9.71. The highest BCUT2D eigenvalue weighted by molar-refractivity contribution is 6.07. The van der Waals surface area contributed by atoms with Gasteiger partial charge < -0.3 is 14.1 Å². The number of rotatable bonds is 8. The molecule has 5 aromatic rings. The van der Waals surface area contributed by atoms with Gasteiger partial charge in [0.05, 0.1) is 6.61 Å². The van der Waals surface area contributed by atoms with Gasteiger partial charge in [0.25, 0.3) is 0 Å². The molecule has 0 aliphatic carbocycles. The number of benzene rings is 3. The lowest BCUT2D eigenvalue weighted by atomic mass is 10.0. The molecule has 2 aromatic heterocycles. The van der Waals surface area contributed by atoms with E-state index >= 15 is 0 Å². The van der Waals surface area contributed by atoms with E-state index in [0.29, 0.717) is 24.4 Å². The van der Waals surface area contributed by atoms with Crippen molar-refractivity contribution in [3.05, 3.63) is 88.8 Å². The molecule has 36 heavy (non-hydrogen) atoms. The van der Waals surface area contributed by atoms with Crippen molar-refractivity contribution in [2.24, 2.45) is 5.92 Å². The second kappa shape index (κ2) is 10.1. The van der Waals surface area contributed by atoms with Gasteiger partial charge in [0.1, 0.15) is 16.8 Å². The summed E-state index contributed by atoms with van der Waals surface area (Å²) >= 11 is 0. The first kappa shape index (κ1) is 24.0. The Hall–Kier alpha value is -3.74. The molecule has 0 aliphatic heterocycles. The van der Waals surface area contributed by atoms with Crippen LogP contribution < -0.4 is 5.69 Å². The number of ether oxygens (including phenoxy) is 1. The molecule has 0 unspecified atom stereocenters. The molecule has 0 saturated heterocycles. The van der Waals surface area contributed by atoms with E-state index in [1.165, 1.54) is 5.56 Å². The smallest absolute Gasteiger partial charge is 0.348 e. The minimum atomic E-state index is -0.287. The molecule has 0 spiro atoms. The quantitative estimate of drug-likeness (QED) is 0.279. The van der Waals surface area contributed by atoms with Crippen LogP contribution in [0.3, 0.4) is 0 Å². The normalized spacial score (nSPS) is 12.6. The number of nitrogens with zero attached hydrogens (tertiary/aromatic N) is 3. The lowest BCUT2D eigenvalue weighted by molar-refractivity contribution is 0.151. The molecule has 2 heterocycles. The highest BCUT2D eigenvalue weighted by atomic mass is 16.5. The third-order valence-corrected chi connectivity index (χ3v) is 6.36. The Bertz CT molecular complexity index is 1550. The number of aromatic nitrogens is 2. The van der Waals surface area contributed by atoms with Crippen molar-refractivity contribution in [2.45, 2.75) is 20.0 Å². The lowest BCUT2D eigenvalue weighted by Gasteiger charge is -2.14. The van der Waals surface area contributed by atoms with Crippen LogP contribution in [0.5, 0.6) is 0 Å². The summed E-state index contributed by atoms with van der Waals surface area (Å²) < 4.78 is 13.4. The SMILES string of the molecule is COC[C@H](C)Cn1c(=O)nc(-c2ccccc2)c2oc3ccc(-c4ccc(CN(C)C)cc4)cc3c21. The molecule has 5 rings (SSSR count). The van der Waals surface area contributed by atoms with Gasteiger partial charge in [-0.2, -0.15) is 4.98 Å². The number of hydrogen-bond acceptors (Lipinski definition) is 5. The zero-order chi connectivity index (χ0) is 25.2. The number of fused-ring (bicyclic) bond motifs is 3. The van der Waals surface area contributed by atoms with E-state index in [1.54, 1.807) is 11.7 Å². The van der Waals surface area contributed by atoms with Gasteiger partial charge in [0, 0.05) is 31.1 Å². The van der Waals surface area contributed by atoms with Crippen LogP contribution in [-0.4, -0.2) is 42.3 Å². The topological polar surface area (TPSA) is 60.5 Å². The van der Waals surface area contributed by atoms with Crippen molar-refractivity contribution in [3.63, 3.8) is 0 Å². The van der Waals surface area contributed by atoms with E-state index in [2.05, 4.69) is 67.3 Å². The molecule has 0 aliphatic rings. The van der Waals surface area contributed by atoms with Crippen LogP contribution in [-0.2, 0) is 17.8 Å². The van der Waals surface area contributed by atoms with E-state index in [4.69, 9.17) is 9.15 Å². The molecule has 6 nitrogen and oxygen atoms in total. The Morgan fingerprint density at radius 3 is 2.39 bits per heavy atom. The fourth-order valence-electron chi connectivity index (χ4n) is 4.77. The maximum Gasteiger partial charge on any atom is 0.348 e. The molecule has 0 fully saturated rings. The number of methoxy groups -OCH3 is 1. The highest BCUT2D eigenvalue weighted by Crippen LogP contribution is 2.36. The van der Waals surface area contributed by atoms with E-state index in [-0.39, 0.29) is 11.6 Å². The van der Waals surface area contributed by atoms with Crippen LogP contribution in [0.1, 0.15) is 12.5 Å². The van der Waals surface area contributed by atoms with Gasteiger partial charge in [0.15, 0.2) is 5.58 Å². The van der Waals surface area contributed by atoms with Crippen LogP contribution in [0, 0.1) is 5.92 Å². The van der Waals surface area contributed by atoms with Gasteiger partial charge in [-0.1, -0.05) is 67.6 Å². The van der Waals surface area contributed by atoms with Crippen LogP contribution in [0.4, 0.5) is 0 Å². The summed E-state index contributed by atoms with van der Waals surface area (Å²) in [4.78, 5) is 20.0. The van der Waals surface area contributed by atoms with Crippen LogP contribution in [0.25, 0.3) is 44.5 Å². The van der Waals surface area contributed by atoms with Crippen LogP contribution in [0.2, 0.25) is 0 Å². The summed E-state index contributed by atoms with van der Waals surface area (Å²) in [5.74, 6) is 0.137. The summed E-state index contributed by atoms with van der Waals surface area (Å²) in [6.07, 6.45) is 0. The Morgan fingerprint density at radius 2 is 1.69 bits per heavy atom. The molecule has 1 atom stereocenters. The summed E-state index contributed by atoms with van der Waals surface area (Å²) in [6, 6.07) is 24.5. The molecule has 184 valence electrons. The number of hydrogen-bond donors (Lipinski definition) is 0. The van der Waals surface area contributed by atoms with Crippen LogP contribution >= 0.6 is 0 Å². The molecule has 0 radical (unpaired) electrons. The minimum absolute atomic E-state index is 0.137. The predicted octanol–water partition coefficient (Wildman–Crippen LogP) is 5.82. The zero-order valence-corrected chi connectivity index (χ0v) is 21.2. The van der Waals surface area contributed by atoms with E-state index in [1.807, 2.05) is 36.4 Å². The van der Waals surface area contributed by atoms with Gasteiger partial charge in [0.2, 0.25) is 0 Å². The summed E-state index contributed by atoms with van der Waals surface area (Å²) in [6.45, 7) is 4.00. The van der Waals surface area contributed by atoms with Gasteiger partial charge in [-0.25, -0.2) is 4.79 Å². The predicted molar refractivity (Wildman–Crippen MR) is 145 cm³/mol. The fourth-order valence-corrected chi connectivity index (χ4v) is 4.77. The third-order valence-electron chi connectivity index (χ3n) is 6.36. The molecule has 0 saturated carbocycles. The van der Waals surface area contributed by atoms with Gasteiger partial charge in [-0.15, -0.1) is 0 Å². The fraction of sp³-hybridized carbons (Fsp3) is 0.267. The summed E-state index contributed by atoms with van der Waals surface area (Å²) in [5, 5.41) is 0.904. The maximum absolute atomic E-state index is 13.4. The average molecular weight is 482 g/mol. The van der Waals surface area contributed by atoms with Crippen LogP contribution in [0.15, 0.2) is 82.0 Å². The highest BCUT2D eigenvalue weighted by Gasteiger charge is 2.21.